The van der Waals surface area contributed by atoms with E-state index in [1.165, 1.54) is 0 Å². The third-order valence-electron chi connectivity index (χ3n) is 3.76. The van der Waals surface area contributed by atoms with E-state index in [0.29, 0.717) is 16.7 Å². The van der Waals surface area contributed by atoms with E-state index in [1.807, 2.05) is 55.3 Å². The summed E-state index contributed by atoms with van der Waals surface area (Å²) in [4.78, 5) is 1.94. The molecule has 0 aliphatic rings. The zero-order chi connectivity index (χ0) is 17.7. The standard InChI is InChI=1S/C18H21ClN2O2S/c1-12-15(19)6-5-7-16(12)20-18(24)21(2)11-13-8-9-14(22-3)10-17(13)23-4/h5-10H,11H2,1-4H3,(H,20,24). The molecule has 6 heteroatoms. The van der Waals surface area contributed by atoms with Crippen molar-refractivity contribution in [1.29, 1.82) is 0 Å². The molecular weight excluding hydrogens is 344 g/mol. The fourth-order valence-electron chi connectivity index (χ4n) is 2.26. The van der Waals surface area contributed by atoms with Crippen molar-refractivity contribution in [3.8, 4) is 11.5 Å². The number of hydrogen-bond acceptors (Lipinski definition) is 3. The van der Waals surface area contributed by atoms with Crippen LogP contribution in [0.1, 0.15) is 11.1 Å². The summed E-state index contributed by atoms with van der Waals surface area (Å²) in [6.07, 6.45) is 0. The van der Waals surface area contributed by atoms with Gasteiger partial charge < -0.3 is 19.7 Å². The molecule has 0 aliphatic heterocycles. The number of benzene rings is 2. The lowest BCUT2D eigenvalue weighted by molar-refractivity contribution is 0.384. The molecule has 0 atom stereocenters. The van der Waals surface area contributed by atoms with E-state index in [2.05, 4.69) is 5.32 Å². The summed E-state index contributed by atoms with van der Waals surface area (Å²) in [5.74, 6) is 1.52. The van der Waals surface area contributed by atoms with Gasteiger partial charge in [-0.2, -0.15) is 0 Å². The van der Waals surface area contributed by atoms with E-state index in [4.69, 9.17) is 33.3 Å². The van der Waals surface area contributed by atoms with Gasteiger partial charge in [-0.3, -0.25) is 0 Å². The van der Waals surface area contributed by atoms with Gasteiger partial charge in [0.05, 0.1) is 14.2 Å². The minimum atomic E-state index is 0.609. The molecule has 0 aliphatic carbocycles. The lowest BCUT2D eigenvalue weighted by Gasteiger charge is -2.23. The molecule has 0 saturated carbocycles. The molecule has 0 unspecified atom stereocenters. The Bertz CT molecular complexity index is 737. The number of rotatable bonds is 5. The first-order chi connectivity index (χ1) is 11.5. The molecule has 0 aromatic heterocycles. The third-order valence-corrected chi connectivity index (χ3v) is 4.58. The second-order valence-electron chi connectivity index (χ2n) is 5.38. The molecule has 0 fully saturated rings. The smallest absolute Gasteiger partial charge is 0.173 e. The molecule has 4 nitrogen and oxygen atoms in total. The zero-order valence-corrected chi connectivity index (χ0v) is 15.8. The van der Waals surface area contributed by atoms with Crippen LogP contribution in [0.3, 0.4) is 0 Å². The van der Waals surface area contributed by atoms with Crippen LogP contribution in [0.2, 0.25) is 5.02 Å². The Morgan fingerprint density at radius 2 is 1.96 bits per heavy atom. The predicted molar refractivity (Wildman–Crippen MR) is 103 cm³/mol. The van der Waals surface area contributed by atoms with Crippen molar-refractivity contribution in [1.82, 2.24) is 4.90 Å². The maximum Gasteiger partial charge on any atom is 0.173 e. The molecular formula is C18H21ClN2O2S. The molecule has 1 N–H and O–H groups in total. The Labute approximate surface area is 153 Å². The van der Waals surface area contributed by atoms with E-state index in [0.717, 1.165) is 28.3 Å². The highest BCUT2D eigenvalue weighted by Gasteiger charge is 2.12. The Morgan fingerprint density at radius 3 is 2.62 bits per heavy atom. The van der Waals surface area contributed by atoms with Gasteiger partial charge >= 0.3 is 0 Å². The molecule has 0 radical (unpaired) electrons. The van der Waals surface area contributed by atoms with Gasteiger partial charge in [-0.25, -0.2) is 0 Å². The van der Waals surface area contributed by atoms with Crippen molar-refractivity contribution in [3.63, 3.8) is 0 Å². The molecule has 24 heavy (non-hydrogen) atoms. The van der Waals surface area contributed by atoms with Gasteiger partial charge in [-0.05, 0) is 49.0 Å². The summed E-state index contributed by atoms with van der Waals surface area (Å²) in [5, 5.41) is 4.56. The minimum absolute atomic E-state index is 0.609. The van der Waals surface area contributed by atoms with Crippen LogP contribution >= 0.6 is 23.8 Å². The number of halogens is 1. The third kappa shape index (κ3) is 4.30. The van der Waals surface area contributed by atoms with Crippen molar-refractivity contribution in [2.45, 2.75) is 13.5 Å². The summed E-state index contributed by atoms with van der Waals surface area (Å²) < 4.78 is 10.7. The summed E-state index contributed by atoms with van der Waals surface area (Å²) >= 11 is 11.6. The van der Waals surface area contributed by atoms with Crippen molar-refractivity contribution in [3.05, 3.63) is 52.5 Å². The first-order valence-electron chi connectivity index (χ1n) is 7.44. The summed E-state index contributed by atoms with van der Waals surface area (Å²) in [6, 6.07) is 11.4. The molecule has 2 aromatic rings. The van der Waals surface area contributed by atoms with E-state index in [-0.39, 0.29) is 0 Å². The summed E-state index contributed by atoms with van der Waals surface area (Å²) in [5.41, 5.74) is 2.89. The summed E-state index contributed by atoms with van der Waals surface area (Å²) in [7, 11) is 5.20. The molecule has 0 bridgehead atoms. The van der Waals surface area contributed by atoms with Gasteiger partial charge in [0.2, 0.25) is 0 Å². The molecule has 0 saturated heterocycles. The number of ether oxygens (including phenoxy) is 2. The summed E-state index contributed by atoms with van der Waals surface area (Å²) in [6.45, 7) is 2.57. The maximum atomic E-state index is 6.15. The molecule has 0 spiro atoms. The average Bonchev–Trinajstić information content (AvgIpc) is 2.59. The van der Waals surface area contributed by atoms with Gasteiger partial charge in [0.1, 0.15) is 11.5 Å². The number of anilines is 1. The Hall–Kier alpha value is -1.98. The lowest BCUT2D eigenvalue weighted by atomic mass is 10.2. The van der Waals surface area contributed by atoms with Crippen molar-refractivity contribution in [2.24, 2.45) is 0 Å². The Balaban J connectivity index is 2.10. The monoisotopic (exact) mass is 364 g/mol. The quantitative estimate of drug-likeness (QED) is 0.790. The number of methoxy groups -OCH3 is 2. The van der Waals surface area contributed by atoms with Crippen LogP contribution in [0.15, 0.2) is 36.4 Å². The second kappa shape index (κ2) is 8.22. The molecule has 0 amide bonds. The molecule has 2 rings (SSSR count). The fourth-order valence-corrected chi connectivity index (χ4v) is 2.61. The van der Waals surface area contributed by atoms with Crippen molar-refractivity contribution < 1.29 is 9.47 Å². The van der Waals surface area contributed by atoms with Crippen LogP contribution in [0.25, 0.3) is 0 Å². The van der Waals surface area contributed by atoms with E-state index in [9.17, 15) is 0 Å². The Kier molecular flexibility index (Phi) is 6.29. The van der Waals surface area contributed by atoms with E-state index in [1.54, 1.807) is 14.2 Å². The number of hydrogen-bond donors (Lipinski definition) is 1. The molecule has 2 aromatic carbocycles. The van der Waals surface area contributed by atoms with Gasteiger partial charge in [0.25, 0.3) is 0 Å². The fraction of sp³-hybridized carbons (Fsp3) is 0.278. The van der Waals surface area contributed by atoms with Crippen molar-refractivity contribution in [2.75, 3.05) is 26.6 Å². The minimum Gasteiger partial charge on any atom is -0.497 e. The van der Waals surface area contributed by atoms with Crippen LogP contribution in [-0.2, 0) is 6.54 Å². The second-order valence-corrected chi connectivity index (χ2v) is 6.17. The SMILES string of the molecule is COc1ccc(CN(C)C(=S)Nc2cccc(Cl)c2C)c(OC)c1. The average molecular weight is 365 g/mol. The topological polar surface area (TPSA) is 33.7 Å². The van der Waals surface area contributed by atoms with Gasteiger partial charge in [0.15, 0.2) is 5.11 Å². The molecule has 0 heterocycles. The van der Waals surface area contributed by atoms with Crippen LogP contribution < -0.4 is 14.8 Å². The predicted octanol–water partition coefficient (Wildman–Crippen LogP) is 4.49. The largest absolute Gasteiger partial charge is 0.497 e. The van der Waals surface area contributed by atoms with Gasteiger partial charge in [-0.1, -0.05) is 17.7 Å². The van der Waals surface area contributed by atoms with Crippen molar-refractivity contribution >= 4 is 34.6 Å². The number of nitrogens with zero attached hydrogens (tertiary/aromatic N) is 1. The normalized spacial score (nSPS) is 10.2. The highest BCUT2D eigenvalue weighted by atomic mass is 35.5. The first kappa shape index (κ1) is 18.4. The number of nitrogens with one attached hydrogen (secondary N) is 1. The van der Waals surface area contributed by atoms with Crippen LogP contribution in [0.5, 0.6) is 11.5 Å². The van der Waals surface area contributed by atoms with Crippen LogP contribution in [-0.4, -0.2) is 31.3 Å². The van der Waals surface area contributed by atoms with Crippen LogP contribution in [0.4, 0.5) is 5.69 Å². The first-order valence-corrected chi connectivity index (χ1v) is 8.23. The zero-order valence-electron chi connectivity index (χ0n) is 14.2. The van der Waals surface area contributed by atoms with E-state index >= 15 is 0 Å². The van der Waals surface area contributed by atoms with Gasteiger partial charge in [-0.15, -0.1) is 0 Å². The highest BCUT2D eigenvalue weighted by Crippen LogP contribution is 2.26. The van der Waals surface area contributed by atoms with Gasteiger partial charge in [0, 0.05) is 35.9 Å². The van der Waals surface area contributed by atoms with Crippen LogP contribution in [0, 0.1) is 6.92 Å². The molecule has 128 valence electrons. The lowest BCUT2D eigenvalue weighted by Crippen LogP contribution is -2.31. The number of thiocarbonyl (C=S) groups is 1. The maximum absolute atomic E-state index is 6.15. The van der Waals surface area contributed by atoms with E-state index < -0.39 is 0 Å². The highest BCUT2D eigenvalue weighted by molar-refractivity contribution is 7.80. The Morgan fingerprint density at radius 1 is 1.21 bits per heavy atom.